The number of hydrogen-bond acceptors (Lipinski definition) is 5. The Morgan fingerprint density at radius 1 is 1.08 bits per heavy atom. The molecule has 7 nitrogen and oxygen atoms in total. The number of para-hydroxylation sites is 1. The molecule has 0 radical (unpaired) electrons. The van der Waals surface area contributed by atoms with Crippen LogP contribution >= 0.6 is 11.8 Å². The molecule has 0 saturated heterocycles. The number of ether oxygens (including phenoxy) is 1. The fourth-order valence-corrected chi connectivity index (χ4v) is 5.13. The van der Waals surface area contributed by atoms with Gasteiger partial charge in [0.1, 0.15) is 17.7 Å². The third-order valence-corrected chi connectivity index (χ3v) is 6.81. The molecule has 1 aliphatic rings. The third kappa shape index (κ3) is 7.43. The second kappa shape index (κ2) is 11.7. The fraction of sp³-hybridized carbons (Fsp3) is 0.444. The molecule has 1 heterocycles. The van der Waals surface area contributed by atoms with E-state index in [1.165, 1.54) is 30.0 Å². The van der Waals surface area contributed by atoms with Crippen molar-refractivity contribution in [3.63, 3.8) is 0 Å². The highest BCUT2D eigenvalue weighted by atomic mass is 32.2. The highest BCUT2D eigenvalue weighted by molar-refractivity contribution is 7.99. The molecule has 0 aromatic heterocycles. The Kier molecular flexibility index (Phi) is 9.01. The molecule has 0 aliphatic carbocycles. The van der Waals surface area contributed by atoms with Gasteiger partial charge in [-0.2, -0.15) is 13.2 Å². The van der Waals surface area contributed by atoms with Gasteiger partial charge in [-0.15, -0.1) is 11.8 Å². The molecular formula is C27H32F3N3O4S. The third-order valence-electron chi connectivity index (χ3n) is 5.65. The van der Waals surface area contributed by atoms with E-state index in [9.17, 15) is 27.6 Å². The van der Waals surface area contributed by atoms with E-state index in [-0.39, 0.29) is 23.3 Å². The molecule has 2 aromatic carbocycles. The van der Waals surface area contributed by atoms with Gasteiger partial charge in [0.2, 0.25) is 5.91 Å². The van der Waals surface area contributed by atoms with Crippen LogP contribution in [0.1, 0.15) is 45.7 Å². The Balaban J connectivity index is 1.89. The summed E-state index contributed by atoms with van der Waals surface area (Å²) >= 11 is 1.39. The van der Waals surface area contributed by atoms with E-state index in [4.69, 9.17) is 4.74 Å². The smallest absolute Gasteiger partial charge is 0.416 e. The van der Waals surface area contributed by atoms with Gasteiger partial charge in [0.15, 0.2) is 0 Å². The van der Waals surface area contributed by atoms with E-state index >= 15 is 0 Å². The Hall–Kier alpha value is -3.21. The van der Waals surface area contributed by atoms with Crippen LogP contribution in [0, 0.1) is 0 Å². The van der Waals surface area contributed by atoms with Crippen molar-refractivity contribution in [2.45, 2.75) is 75.8 Å². The maximum atomic E-state index is 13.6. The zero-order chi connectivity index (χ0) is 28.3. The molecule has 11 heteroatoms. The quantitative estimate of drug-likeness (QED) is 0.517. The van der Waals surface area contributed by atoms with E-state index in [0.29, 0.717) is 0 Å². The zero-order valence-corrected chi connectivity index (χ0v) is 22.7. The van der Waals surface area contributed by atoms with Crippen molar-refractivity contribution in [2.75, 3.05) is 10.7 Å². The van der Waals surface area contributed by atoms with Crippen LogP contribution in [0.25, 0.3) is 0 Å². The molecule has 206 valence electrons. The molecule has 3 rings (SSSR count). The predicted molar refractivity (Wildman–Crippen MR) is 140 cm³/mol. The molecule has 0 fully saturated rings. The Bertz CT molecular complexity index is 1180. The lowest BCUT2D eigenvalue weighted by Gasteiger charge is -2.30. The Labute approximate surface area is 224 Å². The van der Waals surface area contributed by atoms with Crippen LogP contribution in [0.3, 0.4) is 0 Å². The fourth-order valence-electron chi connectivity index (χ4n) is 4.07. The summed E-state index contributed by atoms with van der Waals surface area (Å²) in [6, 6.07) is 9.62. The van der Waals surface area contributed by atoms with Crippen LogP contribution in [0.2, 0.25) is 0 Å². The lowest BCUT2D eigenvalue weighted by molar-refractivity contribution is -0.138. The number of fused-ring (bicyclic) bond motifs is 1. The number of rotatable bonds is 6. The van der Waals surface area contributed by atoms with Crippen molar-refractivity contribution >= 4 is 35.4 Å². The number of anilines is 1. The standard InChI is InChI=1S/C27H32F3N3O4S/c1-16(2)33-21-12-8-9-13-22(21)38-15-20(24(33)35)31-23(34)19(32-25(36)37-26(3,4)5)14-17-10-6-7-11-18(17)27(28,29)30/h6-13,16,19-20H,14-15H2,1-5H3,(H,31,34)(H,32,36)/t19?,20-/m0/s1. The largest absolute Gasteiger partial charge is 0.444 e. The van der Waals surface area contributed by atoms with E-state index < -0.39 is 47.8 Å². The van der Waals surface area contributed by atoms with Gasteiger partial charge in [0.05, 0.1) is 11.3 Å². The first-order valence-corrected chi connectivity index (χ1v) is 13.2. The molecule has 0 bridgehead atoms. The summed E-state index contributed by atoms with van der Waals surface area (Å²) in [7, 11) is 0. The van der Waals surface area contributed by atoms with Crippen LogP contribution in [0.15, 0.2) is 53.4 Å². The van der Waals surface area contributed by atoms with Crippen molar-refractivity contribution in [1.29, 1.82) is 0 Å². The van der Waals surface area contributed by atoms with Gasteiger partial charge in [-0.1, -0.05) is 30.3 Å². The Morgan fingerprint density at radius 2 is 1.71 bits per heavy atom. The lowest BCUT2D eigenvalue weighted by atomic mass is 9.99. The van der Waals surface area contributed by atoms with Gasteiger partial charge in [0, 0.05) is 23.1 Å². The highest BCUT2D eigenvalue weighted by Gasteiger charge is 2.37. The summed E-state index contributed by atoms with van der Waals surface area (Å²) in [5, 5.41) is 5.07. The minimum Gasteiger partial charge on any atom is -0.444 e. The topological polar surface area (TPSA) is 87.7 Å². The number of nitrogens with zero attached hydrogens (tertiary/aromatic N) is 1. The van der Waals surface area contributed by atoms with Crippen LogP contribution < -0.4 is 15.5 Å². The molecule has 2 aromatic rings. The van der Waals surface area contributed by atoms with Gasteiger partial charge in [-0.3, -0.25) is 9.59 Å². The molecule has 2 N–H and O–H groups in total. The summed E-state index contributed by atoms with van der Waals surface area (Å²) in [4.78, 5) is 41.9. The number of halogens is 3. The minimum atomic E-state index is -4.65. The van der Waals surface area contributed by atoms with E-state index in [0.717, 1.165) is 16.6 Å². The van der Waals surface area contributed by atoms with Gasteiger partial charge >= 0.3 is 12.3 Å². The molecule has 0 saturated carbocycles. The predicted octanol–water partition coefficient (Wildman–Crippen LogP) is 5.17. The minimum absolute atomic E-state index is 0.172. The van der Waals surface area contributed by atoms with Gasteiger partial charge in [-0.25, -0.2) is 4.79 Å². The lowest BCUT2D eigenvalue weighted by Crippen LogP contribution is -2.56. The van der Waals surface area contributed by atoms with Crippen LogP contribution in [0.5, 0.6) is 0 Å². The van der Waals surface area contributed by atoms with Gasteiger partial charge in [0.25, 0.3) is 5.91 Å². The number of alkyl carbamates (subject to hydrolysis) is 1. The number of carbonyl (C=O) groups excluding carboxylic acids is 3. The van der Waals surface area contributed by atoms with Gasteiger partial charge < -0.3 is 20.3 Å². The summed E-state index contributed by atoms with van der Waals surface area (Å²) < 4.78 is 46.2. The maximum Gasteiger partial charge on any atom is 0.416 e. The van der Waals surface area contributed by atoms with Crippen LogP contribution in [0.4, 0.5) is 23.7 Å². The number of thioether (sulfide) groups is 1. The highest BCUT2D eigenvalue weighted by Crippen LogP contribution is 2.35. The number of nitrogens with one attached hydrogen (secondary N) is 2. The van der Waals surface area contributed by atoms with E-state index in [2.05, 4.69) is 10.6 Å². The number of alkyl halides is 3. The molecule has 1 aliphatic heterocycles. The zero-order valence-electron chi connectivity index (χ0n) is 21.9. The molecule has 1 unspecified atom stereocenters. The average Bonchev–Trinajstić information content (AvgIpc) is 2.93. The summed E-state index contributed by atoms with van der Waals surface area (Å²) in [5.74, 6) is -0.928. The first kappa shape index (κ1) is 29.3. The normalized spacial score (nSPS) is 16.9. The number of hydrogen-bond donors (Lipinski definition) is 2. The number of benzene rings is 2. The molecular weight excluding hydrogens is 519 g/mol. The van der Waals surface area contributed by atoms with Crippen LogP contribution in [-0.2, 0) is 26.9 Å². The summed E-state index contributed by atoms with van der Waals surface area (Å²) in [5.41, 5.74) is -1.26. The van der Waals surface area contributed by atoms with E-state index in [1.807, 2.05) is 38.1 Å². The first-order chi connectivity index (χ1) is 17.7. The molecule has 0 spiro atoms. The van der Waals surface area contributed by atoms with Crippen LogP contribution in [-0.4, -0.2) is 47.4 Å². The SMILES string of the molecule is CC(C)N1C(=O)[C@@H](NC(=O)C(Cc2ccccc2C(F)(F)F)NC(=O)OC(C)(C)C)CSc2ccccc21. The van der Waals surface area contributed by atoms with Crippen molar-refractivity contribution in [3.8, 4) is 0 Å². The van der Waals surface area contributed by atoms with Crippen molar-refractivity contribution in [2.24, 2.45) is 0 Å². The molecule has 38 heavy (non-hydrogen) atoms. The first-order valence-electron chi connectivity index (χ1n) is 12.2. The van der Waals surface area contributed by atoms with Gasteiger partial charge in [-0.05, 0) is 58.4 Å². The van der Waals surface area contributed by atoms with Crippen molar-refractivity contribution in [1.82, 2.24) is 10.6 Å². The molecule has 3 amide bonds. The Morgan fingerprint density at radius 3 is 2.34 bits per heavy atom. The van der Waals surface area contributed by atoms with Crippen molar-refractivity contribution in [3.05, 3.63) is 59.7 Å². The number of carbonyl (C=O) groups is 3. The summed E-state index contributed by atoms with van der Waals surface area (Å²) in [6.45, 7) is 8.58. The van der Waals surface area contributed by atoms with Crippen molar-refractivity contribution < 1.29 is 32.3 Å². The molecule has 2 atom stereocenters. The van der Waals surface area contributed by atoms with E-state index in [1.54, 1.807) is 25.7 Å². The second-order valence-corrected chi connectivity index (χ2v) is 11.3. The summed E-state index contributed by atoms with van der Waals surface area (Å²) in [6.07, 6.45) is -6.07. The number of amides is 3. The second-order valence-electron chi connectivity index (χ2n) is 10.2. The maximum absolute atomic E-state index is 13.6. The average molecular weight is 552 g/mol. The monoisotopic (exact) mass is 551 g/mol.